The molecule has 0 aliphatic rings. The predicted octanol–water partition coefficient (Wildman–Crippen LogP) is 4.17. The highest BCUT2D eigenvalue weighted by atomic mass is 32.1. The first kappa shape index (κ1) is 28.3. The Bertz CT molecular complexity index is 1110. The quantitative estimate of drug-likeness (QED) is 0.350. The third kappa shape index (κ3) is 8.05. The molecule has 0 aliphatic carbocycles. The lowest BCUT2D eigenvalue weighted by Crippen LogP contribution is -2.26. The van der Waals surface area contributed by atoms with Crippen molar-refractivity contribution < 1.29 is 22.7 Å². The first-order valence-electron chi connectivity index (χ1n) is 10.9. The fraction of sp³-hybridized carbons (Fsp3) is 0.435. The van der Waals surface area contributed by atoms with E-state index in [0.717, 1.165) is 23.9 Å². The second-order valence-electron chi connectivity index (χ2n) is 7.90. The number of nitrogens with two attached hydrogens (primary N) is 1. The number of benzene rings is 1. The van der Waals surface area contributed by atoms with Crippen LogP contribution in [0.4, 0.5) is 24.7 Å². The number of hydrogen-bond donors (Lipinski definition) is 3. The van der Waals surface area contributed by atoms with Gasteiger partial charge in [0, 0.05) is 19.2 Å². The molecule has 4 N–H and O–H groups in total. The molecule has 1 unspecified atom stereocenters. The smallest absolute Gasteiger partial charge is 0.261 e. The van der Waals surface area contributed by atoms with E-state index in [1.54, 1.807) is 6.07 Å². The molecule has 2 heterocycles. The zero-order valence-corrected chi connectivity index (χ0v) is 21.0. The summed E-state index contributed by atoms with van der Waals surface area (Å²) in [6, 6.07) is 4.23. The van der Waals surface area contributed by atoms with Gasteiger partial charge in [0.1, 0.15) is 34.6 Å². The fourth-order valence-corrected chi connectivity index (χ4v) is 4.21. The summed E-state index contributed by atoms with van der Waals surface area (Å²) in [5, 5.41) is 6.94. The Morgan fingerprint density at radius 2 is 2.00 bits per heavy atom. The largest absolute Gasteiger partial charge is 0.487 e. The maximum atomic E-state index is 13.8. The van der Waals surface area contributed by atoms with Gasteiger partial charge >= 0.3 is 0 Å². The number of hydrogen-bond acceptors (Lipinski definition) is 8. The summed E-state index contributed by atoms with van der Waals surface area (Å²) in [4.78, 5) is 24.8. The van der Waals surface area contributed by atoms with Gasteiger partial charge in [-0.05, 0) is 58.6 Å². The van der Waals surface area contributed by atoms with Crippen LogP contribution in [0.1, 0.15) is 28.6 Å². The minimum Gasteiger partial charge on any atom is -0.487 e. The summed E-state index contributed by atoms with van der Waals surface area (Å²) in [6.07, 6.45) is 2.02. The van der Waals surface area contributed by atoms with Crippen LogP contribution in [0.3, 0.4) is 0 Å². The average molecular weight is 513 g/mol. The van der Waals surface area contributed by atoms with Gasteiger partial charge in [0.25, 0.3) is 5.91 Å². The molecule has 0 fully saturated rings. The first-order chi connectivity index (χ1) is 16.7. The van der Waals surface area contributed by atoms with Gasteiger partial charge in [0.15, 0.2) is 0 Å². The SMILES string of the molecule is Cc1c(C(=O)NCCCN(C)C)sc2ncnc(Nc3ccc(F)cc3OC(C)CN)c12.FCF. The van der Waals surface area contributed by atoms with Crippen molar-refractivity contribution in [2.24, 2.45) is 5.73 Å². The summed E-state index contributed by atoms with van der Waals surface area (Å²) in [6.45, 7) is 3.72. The minimum atomic E-state index is -1.75. The van der Waals surface area contributed by atoms with Crippen LogP contribution < -0.4 is 21.1 Å². The number of aromatic nitrogens is 2. The number of nitrogens with zero attached hydrogens (tertiary/aromatic N) is 3. The number of ether oxygens (including phenoxy) is 1. The molecule has 0 saturated carbocycles. The van der Waals surface area contributed by atoms with Crippen LogP contribution in [0, 0.1) is 12.7 Å². The second kappa shape index (κ2) is 13.8. The molecule has 1 atom stereocenters. The number of carbonyl (C=O) groups is 1. The maximum absolute atomic E-state index is 13.8. The third-order valence-electron chi connectivity index (χ3n) is 4.86. The third-order valence-corrected chi connectivity index (χ3v) is 6.06. The van der Waals surface area contributed by atoms with Crippen LogP contribution in [0.5, 0.6) is 5.75 Å². The highest BCUT2D eigenvalue weighted by molar-refractivity contribution is 7.20. The minimum absolute atomic E-state index is 0.127. The van der Waals surface area contributed by atoms with Crippen molar-refractivity contribution in [2.75, 3.05) is 46.0 Å². The van der Waals surface area contributed by atoms with Crippen molar-refractivity contribution in [3.8, 4) is 5.75 Å². The molecule has 1 amide bonds. The number of halogens is 3. The van der Waals surface area contributed by atoms with Gasteiger partial charge in [-0.2, -0.15) is 0 Å². The van der Waals surface area contributed by atoms with Gasteiger partial charge < -0.3 is 26.0 Å². The number of nitrogens with one attached hydrogen (secondary N) is 2. The maximum Gasteiger partial charge on any atom is 0.261 e. The Kier molecular flexibility index (Phi) is 11.2. The molecular formula is C23H31F3N6O2S. The molecule has 0 aliphatic heterocycles. The van der Waals surface area contributed by atoms with Gasteiger partial charge in [-0.25, -0.2) is 23.1 Å². The number of aryl methyl sites for hydroxylation is 1. The zero-order valence-electron chi connectivity index (χ0n) is 20.2. The normalized spacial score (nSPS) is 11.7. The topological polar surface area (TPSA) is 105 Å². The molecule has 2 aromatic heterocycles. The van der Waals surface area contributed by atoms with Crippen LogP contribution in [0.15, 0.2) is 24.5 Å². The molecule has 0 spiro atoms. The van der Waals surface area contributed by atoms with E-state index in [0.29, 0.717) is 40.1 Å². The Hall–Kier alpha value is -2.96. The zero-order chi connectivity index (χ0) is 26.0. The van der Waals surface area contributed by atoms with Crippen LogP contribution in [0.25, 0.3) is 10.2 Å². The molecule has 192 valence electrons. The van der Waals surface area contributed by atoms with E-state index in [1.165, 1.54) is 29.8 Å². The van der Waals surface area contributed by atoms with Crippen LogP contribution in [-0.2, 0) is 0 Å². The molecule has 0 bridgehead atoms. The molecule has 35 heavy (non-hydrogen) atoms. The van der Waals surface area contributed by atoms with Crippen molar-refractivity contribution >= 4 is 39.0 Å². The van der Waals surface area contributed by atoms with E-state index in [1.807, 2.05) is 27.9 Å². The second-order valence-corrected chi connectivity index (χ2v) is 8.90. The number of thiophene rings is 1. The standard InChI is InChI=1S/C22H29FN6O2S.CH2F2/c1-13(11-24)31-17-10-15(23)6-7-16(17)28-20-18-14(2)19(32-22(18)27-12-26-20)21(30)25-8-5-9-29(3)4;2-1-3/h6-7,10,12-13H,5,8-9,11,24H2,1-4H3,(H,25,30)(H,26,27,28);1H2. The Morgan fingerprint density at radius 3 is 2.66 bits per heavy atom. The lowest BCUT2D eigenvalue weighted by Gasteiger charge is -2.17. The molecule has 0 saturated heterocycles. The van der Waals surface area contributed by atoms with Crippen molar-refractivity contribution in [1.29, 1.82) is 0 Å². The average Bonchev–Trinajstić information content (AvgIpc) is 3.16. The van der Waals surface area contributed by atoms with Gasteiger partial charge in [-0.3, -0.25) is 4.79 Å². The lowest BCUT2D eigenvalue weighted by molar-refractivity contribution is 0.0956. The van der Waals surface area contributed by atoms with E-state index >= 15 is 0 Å². The lowest BCUT2D eigenvalue weighted by atomic mass is 10.2. The first-order valence-corrected chi connectivity index (χ1v) is 11.8. The Balaban J connectivity index is 0.00000137. The van der Waals surface area contributed by atoms with Gasteiger partial charge in [-0.15, -0.1) is 11.3 Å². The van der Waals surface area contributed by atoms with Crippen molar-refractivity contribution in [3.05, 3.63) is 40.8 Å². The molecule has 0 radical (unpaired) electrons. The monoisotopic (exact) mass is 512 g/mol. The fourth-order valence-electron chi connectivity index (χ4n) is 3.15. The van der Waals surface area contributed by atoms with E-state index in [2.05, 4.69) is 25.5 Å². The Morgan fingerprint density at radius 1 is 1.29 bits per heavy atom. The number of alkyl halides is 2. The molecule has 8 nitrogen and oxygen atoms in total. The summed E-state index contributed by atoms with van der Waals surface area (Å²) in [5.41, 5.74) is 6.98. The van der Waals surface area contributed by atoms with E-state index in [9.17, 15) is 18.0 Å². The number of amides is 1. The molecule has 3 aromatic rings. The van der Waals surface area contributed by atoms with Crippen LogP contribution >= 0.6 is 11.3 Å². The number of fused-ring (bicyclic) bond motifs is 1. The summed E-state index contributed by atoms with van der Waals surface area (Å²) in [5.74, 6) is 0.314. The van der Waals surface area contributed by atoms with Gasteiger partial charge in [0.2, 0.25) is 6.93 Å². The summed E-state index contributed by atoms with van der Waals surface area (Å²) in [7, 11) is 4.00. The molecule has 3 rings (SSSR count). The number of anilines is 2. The highest BCUT2D eigenvalue weighted by Crippen LogP contribution is 2.36. The number of rotatable bonds is 10. The van der Waals surface area contributed by atoms with Crippen LogP contribution in [-0.4, -0.2) is 67.5 Å². The highest BCUT2D eigenvalue weighted by Gasteiger charge is 2.20. The van der Waals surface area contributed by atoms with E-state index in [-0.39, 0.29) is 12.0 Å². The molecule has 1 aromatic carbocycles. The van der Waals surface area contributed by atoms with E-state index in [4.69, 9.17) is 10.5 Å². The molecule has 12 heteroatoms. The van der Waals surface area contributed by atoms with Gasteiger partial charge in [-0.1, -0.05) is 0 Å². The Labute approximate surface area is 206 Å². The van der Waals surface area contributed by atoms with E-state index < -0.39 is 12.7 Å². The summed E-state index contributed by atoms with van der Waals surface area (Å²) < 4.78 is 38.8. The number of carbonyl (C=O) groups excluding carboxylic acids is 1. The molecular weight excluding hydrogens is 481 g/mol. The van der Waals surface area contributed by atoms with Crippen molar-refractivity contribution in [2.45, 2.75) is 26.4 Å². The van der Waals surface area contributed by atoms with Gasteiger partial charge in [0.05, 0.1) is 16.0 Å². The predicted molar refractivity (Wildman–Crippen MR) is 134 cm³/mol. The van der Waals surface area contributed by atoms with Crippen molar-refractivity contribution in [3.63, 3.8) is 0 Å². The summed E-state index contributed by atoms with van der Waals surface area (Å²) >= 11 is 1.32. The van der Waals surface area contributed by atoms with Crippen LogP contribution in [0.2, 0.25) is 0 Å². The van der Waals surface area contributed by atoms with Crippen molar-refractivity contribution in [1.82, 2.24) is 20.2 Å².